The van der Waals surface area contributed by atoms with E-state index >= 15 is 0 Å². The predicted molar refractivity (Wildman–Crippen MR) is 122 cm³/mol. The second kappa shape index (κ2) is 8.89. The standard InChI is InChI=1S/C26H28N2O5/c29-24(27-13-16-12-21(16)25(30)31)23(11-15-9-10-15)28-26(32)33-14-22-19-7-3-1-5-17(19)18-6-2-4-8-20(18)22/h1-8,15-16,21-23H,9-14H2,(H,27,29)(H,28,32)(H,30,31). The Balaban J connectivity index is 1.18. The third kappa shape index (κ3) is 4.72. The molecule has 0 aliphatic heterocycles. The van der Waals surface area contributed by atoms with Crippen molar-refractivity contribution < 1.29 is 24.2 Å². The number of benzene rings is 2. The lowest BCUT2D eigenvalue weighted by Gasteiger charge is -2.20. The Kier molecular flexibility index (Phi) is 5.79. The number of fused-ring (bicyclic) bond motifs is 3. The molecule has 172 valence electrons. The molecular weight excluding hydrogens is 420 g/mol. The fourth-order valence-electron chi connectivity index (χ4n) is 4.83. The zero-order valence-electron chi connectivity index (χ0n) is 18.3. The summed E-state index contributed by atoms with van der Waals surface area (Å²) in [7, 11) is 0. The summed E-state index contributed by atoms with van der Waals surface area (Å²) in [6.07, 6.45) is 2.67. The van der Waals surface area contributed by atoms with Crippen molar-refractivity contribution in [2.45, 2.75) is 37.6 Å². The van der Waals surface area contributed by atoms with Crippen molar-refractivity contribution in [3.63, 3.8) is 0 Å². The first-order valence-corrected chi connectivity index (χ1v) is 11.6. The van der Waals surface area contributed by atoms with Crippen molar-refractivity contribution in [2.75, 3.05) is 13.2 Å². The van der Waals surface area contributed by atoms with Gasteiger partial charge in [0.1, 0.15) is 12.6 Å². The van der Waals surface area contributed by atoms with Gasteiger partial charge in [-0.1, -0.05) is 61.4 Å². The van der Waals surface area contributed by atoms with Crippen LogP contribution < -0.4 is 10.6 Å². The predicted octanol–water partition coefficient (Wildman–Crippen LogP) is 3.53. The zero-order chi connectivity index (χ0) is 22.9. The van der Waals surface area contributed by atoms with E-state index in [4.69, 9.17) is 9.84 Å². The van der Waals surface area contributed by atoms with Crippen molar-refractivity contribution in [2.24, 2.45) is 17.8 Å². The molecule has 7 heteroatoms. The number of ether oxygens (including phenoxy) is 1. The molecule has 0 heterocycles. The first-order valence-electron chi connectivity index (χ1n) is 11.6. The van der Waals surface area contributed by atoms with Gasteiger partial charge in [-0.25, -0.2) is 4.79 Å². The molecule has 3 atom stereocenters. The normalized spacial score (nSPS) is 21.5. The topological polar surface area (TPSA) is 105 Å². The largest absolute Gasteiger partial charge is 0.481 e. The Hall–Kier alpha value is -3.35. The molecule has 3 aliphatic carbocycles. The lowest BCUT2D eigenvalue weighted by atomic mass is 9.98. The molecule has 2 fully saturated rings. The summed E-state index contributed by atoms with van der Waals surface area (Å²) < 4.78 is 5.60. The molecule has 7 nitrogen and oxygen atoms in total. The third-order valence-electron chi connectivity index (χ3n) is 7.00. The SMILES string of the molecule is O=C(NC(CC1CC1)C(=O)NCC1CC1C(=O)O)OCC1c2ccccc2-c2ccccc21. The smallest absolute Gasteiger partial charge is 0.407 e. The summed E-state index contributed by atoms with van der Waals surface area (Å²) in [5.41, 5.74) is 4.59. The lowest BCUT2D eigenvalue weighted by molar-refractivity contribution is -0.139. The van der Waals surface area contributed by atoms with Crippen LogP contribution in [-0.2, 0) is 14.3 Å². The van der Waals surface area contributed by atoms with E-state index < -0.39 is 18.1 Å². The Morgan fingerprint density at radius 1 is 1.00 bits per heavy atom. The number of alkyl carbamates (subject to hydrolysis) is 1. The number of carboxylic acids is 1. The van der Waals surface area contributed by atoms with Gasteiger partial charge in [-0.15, -0.1) is 0 Å². The number of nitrogens with one attached hydrogen (secondary N) is 2. The van der Waals surface area contributed by atoms with Crippen LogP contribution in [0, 0.1) is 17.8 Å². The molecule has 5 rings (SSSR count). The van der Waals surface area contributed by atoms with Crippen LogP contribution in [0.25, 0.3) is 11.1 Å². The monoisotopic (exact) mass is 448 g/mol. The van der Waals surface area contributed by atoms with Gasteiger partial charge in [-0.2, -0.15) is 0 Å². The maximum absolute atomic E-state index is 12.7. The number of carbonyl (C=O) groups is 3. The van der Waals surface area contributed by atoms with Crippen LogP contribution in [0.2, 0.25) is 0 Å². The van der Waals surface area contributed by atoms with Gasteiger partial charge in [0.15, 0.2) is 0 Å². The van der Waals surface area contributed by atoms with Crippen molar-refractivity contribution in [3.05, 3.63) is 59.7 Å². The van der Waals surface area contributed by atoms with Gasteiger partial charge in [0, 0.05) is 12.5 Å². The fraction of sp³-hybridized carbons (Fsp3) is 0.423. The van der Waals surface area contributed by atoms with E-state index in [1.54, 1.807) is 0 Å². The van der Waals surface area contributed by atoms with Crippen molar-refractivity contribution >= 4 is 18.0 Å². The second-order valence-electron chi connectivity index (χ2n) is 9.39. The molecule has 3 aliphatic rings. The lowest BCUT2D eigenvalue weighted by Crippen LogP contribution is -2.48. The van der Waals surface area contributed by atoms with Crippen LogP contribution in [-0.4, -0.2) is 42.3 Å². The summed E-state index contributed by atoms with van der Waals surface area (Å²) in [6.45, 7) is 0.517. The average Bonchev–Trinajstić information content (AvgIpc) is 3.74. The number of carboxylic acid groups (broad SMARTS) is 1. The Morgan fingerprint density at radius 2 is 1.64 bits per heavy atom. The molecule has 2 aromatic rings. The number of carbonyl (C=O) groups excluding carboxylic acids is 2. The summed E-state index contributed by atoms with van der Waals surface area (Å²) in [5.74, 6) is -1.10. The fourth-order valence-corrected chi connectivity index (χ4v) is 4.83. The summed E-state index contributed by atoms with van der Waals surface area (Å²) in [4.78, 5) is 36.3. The van der Waals surface area contributed by atoms with Gasteiger partial charge < -0.3 is 20.5 Å². The number of hydrogen-bond donors (Lipinski definition) is 3. The van der Waals surface area contributed by atoms with E-state index in [0.717, 1.165) is 35.1 Å². The second-order valence-corrected chi connectivity index (χ2v) is 9.39. The van der Waals surface area contributed by atoms with Crippen molar-refractivity contribution in [3.8, 4) is 11.1 Å². The highest BCUT2D eigenvalue weighted by Gasteiger charge is 2.43. The molecule has 0 aromatic heterocycles. The van der Waals surface area contributed by atoms with Gasteiger partial charge in [0.05, 0.1) is 5.92 Å². The quantitative estimate of drug-likeness (QED) is 0.544. The van der Waals surface area contributed by atoms with Crippen LogP contribution in [0.5, 0.6) is 0 Å². The Labute approximate surface area is 192 Å². The minimum atomic E-state index is -0.819. The molecule has 0 saturated heterocycles. The molecule has 2 amide bonds. The number of hydrogen-bond acceptors (Lipinski definition) is 4. The highest BCUT2D eigenvalue weighted by atomic mass is 16.5. The maximum Gasteiger partial charge on any atom is 0.407 e. The Bertz CT molecular complexity index is 1030. The van der Waals surface area contributed by atoms with Gasteiger partial charge in [-0.3, -0.25) is 9.59 Å². The first-order chi connectivity index (χ1) is 16.0. The maximum atomic E-state index is 12.7. The van der Waals surface area contributed by atoms with Crippen molar-refractivity contribution in [1.82, 2.24) is 10.6 Å². The number of rotatable bonds is 9. The van der Waals surface area contributed by atoms with E-state index in [1.165, 1.54) is 0 Å². The molecule has 3 N–H and O–H groups in total. The summed E-state index contributed by atoms with van der Waals surface area (Å²) in [6, 6.07) is 15.6. The number of amides is 2. The highest BCUT2D eigenvalue weighted by molar-refractivity contribution is 5.86. The minimum Gasteiger partial charge on any atom is -0.481 e. The van der Waals surface area contributed by atoms with Gasteiger partial charge in [-0.05, 0) is 46.9 Å². The van der Waals surface area contributed by atoms with Crippen molar-refractivity contribution in [1.29, 1.82) is 0 Å². The molecule has 3 unspecified atom stereocenters. The van der Waals surface area contributed by atoms with Crippen LogP contribution in [0.4, 0.5) is 4.79 Å². The summed E-state index contributed by atoms with van der Waals surface area (Å²) in [5, 5.41) is 14.6. The van der Waals surface area contributed by atoms with Crippen LogP contribution >= 0.6 is 0 Å². The molecule has 0 spiro atoms. The van der Waals surface area contributed by atoms with Gasteiger partial charge in [0.25, 0.3) is 0 Å². The molecular formula is C26H28N2O5. The van der Waals surface area contributed by atoms with E-state index in [-0.39, 0.29) is 30.3 Å². The molecule has 0 radical (unpaired) electrons. The van der Waals surface area contributed by atoms with E-state index in [9.17, 15) is 14.4 Å². The highest BCUT2D eigenvalue weighted by Crippen LogP contribution is 2.44. The van der Waals surface area contributed by atoms with Crippen LogP contribution in [0.15, 0.2) is 48.5 Å². The van der Waals surface area contributed by atoms with Gasteiger partial charge in [0.2, 0.25) is 5.91 Å². The van der Waals surface area contributed by atoms with E-state index in [0.29, 0.717) is 25.3 Å². The number of aliphatic carboxylic acids is 1. The molecule has 2 aromatic carbocycles. The van der Waals surface area contributed by atoms with Crippen LogP contribution in [0.3, 0.4) is 0 Å². The minimum absolute atomic E-state index is 0.0255. The first kappa shape index (κ1) is 21.5. The molecule has 0 bridgehead atoms. The van der Waals surface area contributed by atoms with Crippen LogP contribution in [0.1, 0.15) is 42.7 Å². The zero-order valence-corrected chi connectivity index (χ0v) is 18.3. The molecule has 2 saturated carbocycles. The molecule has 33 heavy (non-hydrogen) atoms. The summed E-state index contributed by atoms with van der Waals surface area (Å²) >= 11 is 0. The Morgan fingerprint density at radius 3 is 2.21 bits per heavy atom. The van der Waals surface area contributed by atoms with Gasteiger partial charge >= 0.3 is 12.1 Å². The third-order valence-corrected chi connectivity index (χ3v) is 7.00. The average molecular weight is 449 g/mol. The van der Waals surface area contributed by atoms with E-state index in [1.807, 2.05) is 24.3 Å². The van der Waals surface area contributed by atoms with E-state index in [2.05, 4.69) is 34.9 Å².